The van der Waals surface area contributed by atoms with Crippen molar-refractivity contribution in [3.05, 3.63) is 35.9 Å². The second-order valence-electron chi connectivity index (χ2n) is 5.53. The lowest BCUT2D eigenvalue weighted by molar-refractivity contribution is 0.276. The van der Waals surface area contributed by atoms with Gasteiger partial charge in [0.05, 0.1) is 6.61 Å². The van der Waals surface area contributed by atoms with Crippen LogP contribution in [0.15, 0.2) is 30.3 Å². The molecule has 0 amide bonds. The predicted molar refractivity (Wildman–Crippen MR) is 68.4 cm³/mol. The van der Waals surface area contributed by atoms with Gasteiger partial charge < -0.3 is 4.43 Å². The quantitative estimate of drug-likeness (QED) is 0.696. The van der Waals surface area contributed by atoms with E-state index in [1.807, 2.05) is 6.07 Å². The lowest BCUT2D eigenvalue weighted by Gasteiger charge is -2.36. The molecule has 0 fully saturated rings. The first-order valence-electron chi connectivity index (χ1n) is 5.51. The van der Waals surface area contributed by atoms with Crippen molar-refractivity contribution in [2.45, 2.75) is 45.5 Å². The van der Waals surface area contributed by atoms with E-state index in [1.165, 1.54) is 5.56 Å². The summed E-state index contributed by atoms with van der Waals surface area (Å²) >= 11 is 0. The molecule has 0 bridgehead atoms. The largest absolute Gasteiger partial charge is 0.413 e. The van der Waals surface area contributed by atoms with Gasteiger partial charge in [0.15, 0.2) is 8.32 Å². The SMILES string of the molecule is CC(C)(C)[Si](C)(C)OCc1ccccc1. The number of rotatable bonds is 3. The van der Waals surface area contributed by atoms with Gasteiger partial charge in [-0.15, -0.1) is 0 Å². The molecule has 0 N–H and O–H groups in total. The van der Waals surface area contributed by atoms with E-state index < -0.39 is 8.32 Å². The zero-order chi connectivity index (χ0) is 11.5. The van der Waals surface area contributed by atoms with Gasteiger partial charge in [0.2, 0.25) is 0 Å². The van der Waals surface area contributed by atoms with Crippen LogP contribution in [-0.2, 0) is 11.0 Å². The van der Waals surface area contributed by atoms with Crippen molar-refractivity contribution in [3.63, 3.8) is 0 Å². The first kappa shape index (κ1) is 12.5. The summed E-state index contributed by atoms with van der Waals surface area (Å²) in [7, 11) is -1.59. The number of hydrogen-bond donors (Lipinski definition) is 0. The van der Waals surface area contributed by atoms with Crippen molar-refractivity contribution < 1.29 is 4.43 Å². The van der Waals surface area contributed by atoms with E-state index in [2.05, 4.69) is 58.1 Å². The van der Waals surface area contributed by atoms with E-state index in [-0.39, 0.29) is 0 Å². The lowest BCUT2D eigenvalue weighted by Crippen LogP contribution is -2.40. The fourth-order valence-corrected chi connectivity index (χ4v) is 2.02. The Balaban J connectivity index is 2.58. The highest BCUT2D eigenvalue weighted by molar-refractivity contribution is 6.74. The maximum atomic E-state index is 6.12. The van der Waals surface area contributed by atoms with E-state index in [1.54, 1.807) is 0 Å². The zero-order valence-corrected chi connectivity index (χ0v) is 11.5. The van der Waals surface area contributed by atoms with Crippen molar-refractivity contribution in [1.82, 2.24) is 0 Å². The first-order valence-corrected chi connectivity index (χ1v) is 8.42. The third-order valence-corrected chi connectivity index (χ3v) is 7.73. The van der Waals surface area contributed by atoms with Gasteiger partial charge in [-0.05, 0) is 23.7 Å². The van der Waals surface area contributed by atoms with E-state index >= 15 is 0 Å². The summed E-state index contributed by atoms with van der Waals surface area (Å²) in [5, 5.41) is 0.293. The Bertz CT molecular complexity index is 298. The van der Waals surface area contributed by atoms with E-state index in [9.17, 15) is 0 Å². The molecule has 0 aromatic heterocycles. The minimum absolute atomic E-state index is 0.293. The monoisotopic (exact) mass is 222 g/mol. The molecule has 0 saturated heterocycles. The first-order chi connectivity index (χ1) is 6.83. The third kappa shape index (κ3) is 3.47. The Morgan fingerprint density at radius 1 is 1.07 bits per heavy atom. The Hall–Kier alpha value is -0.603. The molecule has 1 nitrogen and oxygen atoms in total. The van der Waals surface area contributed by atoms with Crippen LogP contribution in [0.25, 0.3) is 0 Å². The van der Waals surface area contributed by atoms with Crippen molar-refractivity contribution in [2.75, 3.05) is 0 Å². The molecule has 1 aromatic rings. The van der Waals surface area contributed by atoms with Gasteiger partial charge in [0.25, 0.3) is 0 Å². The summed E-state index contributed by atoms with van der Waals surface area (Å²) in [5.41, 5.74) is 1.27. The minimum atomic E-state index is -1.59. The average Bonchev–Trinajstić information content (AvgIpc) is 2.15. The highest BCUT2D eigenvalue weighted by atomic mass is 28.4. The zero-order valence-electron chi connectivity index (χ0n) is 10.5. The second kappa shape index (κ2) is 4.50. The topological polar surface area (TPSA) is 9.23 Å². The van der Waals surface area contributed by atoms with Crippen molar-refractivity contribution >= 4 is 8.32 Å². The molecule has 0 atom stereocenters. The van der Waals surface area contributed by atoms with Gasteiger partial charge in [0, 0.05) is 0 Å². The Morgan fingerprint density at radius 2 is 1.60 bits per heavy atom. The van der Waals surface area contributed by atoms with Crippen LogP contribution in [0.4, 0.5) is 0 Å². The Kier molecular flexibility index (Phi) is 3.74. The number of hydrogen-bond acceptors (Lipinski definition) is 1. The van der Waals surface area contributed by atoms with Crippen molar-refractivity contribution in [1.29, 1.82) is 0 Å². The summed E-state index contributed by atoms with van der Waals surface area (Å²) in [4.78, 5) is 0. The van der Waals surface area contributed by atoms with Crippen molar-refractivity contribution in [3.8, 4) is 0 Å². The molecule has 0 spiro atoms. The predicted octanol–water partition coefficient (Wildman–Crippen LogP) is 4.21. The van der Waals surface area contributed by atoms with Gasteiger partial charge in [-0.1, -0.05) is 51.1 Å². The molecule has 0 heterocycles. The third-order valence-electron chi connectivity index (χ3n) is 3.25. The highest BCUT2D eigenvalue weighted by Crippen LogP contribution is 2.36. The highest BCUT2D eigenvalue weighted by Gasteiger charge is 2.36. The maximum Gasteiger partial charge on any atom is 0.192 e. The smallest absolute Gasteiger partial charge is 0.192 e. The lowest BCUT2D eigenvalue weighted by atomic mass is 10.2. The van der Waals surface area contributed by atoms with E-state index in [4.69, 9.17) is 4.43 Å². The number of benzene rings is 1. The van der Waals surface area contributed by atoms with Crippen LogP contribution in [-0.4, -0.2) is 8.32 Å². The van der Waals surface area contributed by atoms with E-state index in [0.29, 0.717) is 5.04 Å². The molecule has 1 aromatic carbocycles. The molecular weight excluding hydrogens is 200 g/mol. The van der Waals surface area contributed by atoms with Crippen LogP contribution in [0, 0.1) is 0 Å². The molecule has 0 aliphatic carbocycles. The Morgan fingerprint density at radius 3 is 2.07 bits per heavy atom. The molecular formula is C13H22OSi. The standard InChI is InChI=1S/C13H22OSi/c1-13(2,3)15(4,5)14-11-12-9-7-6-8-10-12/h6-10H,11H2,1-5H3. The molecule has 15 heavy (non-hydrogen) atoms. The minimum Gasteiger partial charge on any atom is -0.413 e. The van der Waals surface area contributed by atoms with Gasteiger partial charge >= 0.3 is 0 Å². The van der Waals surface area contributed by atoms with Crippen LogP contribution >= 0.6 is 0 Å². The molecule has 0 radical (unpaired) electrons. The maximum absolute atomic E-state index is 6.12. The molecule has 0 aliphatic heterocycles. The average molecular weight is 222 g/mol. The summed E-state index contributed by atoms with van der Waals surface area (Å²) in [5.74, 6) is 0. The molecule has 2 heteroatoms. The molecule has 1 rings (SSSR count). The van der Waals surface area contributed by atoms with Gasteiger partial charge in [-0.25, -0.2) is 0 Å². The van der Waals surface area contributed by atoms with Crippen LogP contribution in [0.3, 0.4) is 0 Å². The fraction of sp³-hybridized carbons (Fsp3) is 0.538. The van der Waals surface area contributed by atoms with Crippen LogP contribution in [0.2, 0.25) is 18.1 Å². The van der Waals surface area contributed by atoms with E-state index in [0.717, 1.165) is 6.61 Å². The fourth-order valence-electron chi connectivity index (χ4n) is 1.05. The molecule has 0 saturated carbocycles. The molecule has 0 aliphatic rings. The molecule has 0 unspecified atom stereocenters. The Labute approximate surface area is 94.6 Å². The second-order valence-corrected chi connectivity index (χ2v) is 10.3. The van der Waals surface area contributed by atoms with Gasteiger partial charge in [-0.3, -0.25) is 0 Å². The van der Waals surface area contributed by atoms with Crippen LogP contribution in [0.5, 0.6) is 0 Å². The summed E-state index contributed by atoms with van der Waals surface area (Å²) in [6, 6.07) is 10.4. The van der Waals surface area contributed by atoms with Crippen molar-refractivity contribution in [2.24, 2.45) is 0 Å². The normalized spacial score (nSPS) is 12.9. The molecule has 84 valence electrons. The van der Waals surface area contributed by atoms with Gasteiger partial charge in [0.1, 0.15) is 0 Å². The van der Waals surface area contributed by atoms with Crippen LogP contribution in [0.1, 0.15) is 26.3 Å². The van der Waals surface area contributed by atoms with Crippen LogP contribution < -0.4 is 0 Å². The summed E-state index contributed by atoms with van der Waals surface area (Å²) in [6.07, 6.45) is 0. The summed E-state index contributed by atoms with van der Waals surface area (Å²) < 4.78 is 6.12. The van der Waals surface area contributed by atoms with Gasteiger partial charge in [-0.2, -0.15) is 0 Å². The summed E-state index contributed by atoms with van der Waals surface area (Å²) in [6.45, 7) is 12.1.